The zero-order valence-electron chi connectivity index (χ0n) is 25.1. The molecule has 3 aliphatic rings. The van der Waals surface area contributed by atoms with E-state index >= 15 is 0 Å². The predicted molar refractivity (Wildman–Crippen MR) is 167 cm³/mol. The quantitative estimate of drug-likeness (QED) is 0.117. The lowest BCUT2D eigenvalue weighted by Gasteiger charge is -2.37. The van der Waals surface area contributed by atoms with Gasteiger partial charge in [-0.25, -0.2) is 4.68 Å². The molecule has 1 aromatic heterocycles. The summed E-state index contributed by atoms with van der Waals surface area (Å²) < 4.78 is 14.0. The van der Waals surface area contributed by atoms with Crippen LogP contribution >= 0.6 is 15.9 Å². The number of rotatable bonds is 17. The van der Waals surface area contributed by atoms with Crippen LogP contribution in [-0.4, -0.2) is 96.6 Å². The van der Waals surface area contributed by atoms with E-state index in [2.05, 4.69) is 39.4 Å². The molecule has 3 aliphatic heterocycles. The third-order valence-electron chi connectivity index (χ3n) is 9.04. The maximum absolute atomic E-state index is 14.6. The number of fused-ring (bicyclic) bond motifs is 2. The highest BCUT2D eigenvalue weighted by atomic mass is 79.9. The molecule has 2 amide bonds. The maximum atomic E-state index is 14.6. The molecule has 44 heavy (non-hydrogen) atoms. The van der Waals surface area contributed by atoms with Gasteiger partial charge in [-0.05, 0) is 50.7 Å². The van der Waals surface area contributed by atoms with Crippen molar-refractivity contribution in [1.29, 1.82) is 0 Å². The van der Waals surface area contributed by atoms with Gasteiger partial charge in [-0.15, -0.1) is 18.3 Å². The number of carbonyl (C=O) groups is 3. The Morgan fingerprint density at radius 3 is 2.73 bits per heavy atom. The first-order chi connectivity index (χ1) is 21.4. The van der Waals surface area contributed by atoms with E-state index in [-0.39, 0.29) is 43.1 Å². The molecule has 6 atom stereocenters. The lowest BCUT2D eigenvalue weighted by Crippen LogP contribution is -2.57. The summed E-state index contributed by atoms with van der Waals surface area (Å²) in [5.74, 6) is -2.60. The molecule has 3 fully saturated rings. The number of carbonyl (C=O) groups excluding carboxylic acids is 3. The highest BCUT2D eigenvalue weighted by Crippen LogP contribution is 2.60. The summed E-state index contributed by atoms with van der Waals surface area (Å²) in [4.78, 5) is 45.5. The third kappa shape index (κ3) is 6.08. The molecule has 2 bridgehead atoms. The van der Waals surface area contributed by atoms with Crippen molar-refractivity contribution in [3.05, 3.63) is 49.6 Å². The zero-order chi connectivity index (χ0) is 31.3. The van der Waals surface area contributed by atoms with Crippen molar-refractivity contribution in [2.45, 2.75) is 80.6 Å². The van der Waals surface area contributed by atoms with Crippen molar-refractivity contribution in [1.82, 2.24) is 24.8 Å². The summed E-state index contributed by atoms with van der Waals surface area (Å²) in [6.45, 7) is 8.65. The first-order valence-corrected chi connectivity index (χ1v) is 16.5. The number of unbranched alkanes of at least 4 members (excludes halogenated alkanes) is 5. The minimum Gasteiger partial charge on any atom is -0.465 e. The Labute approximate surface area is 266 Å². The summed E-state index contributed by atoms with van der Waals surface area (Å²) in [5, 5.41) is 17.7. The van der Waals surface area contributed by atoms with Gasteiger partial charge < -0.3 is 24.4 Å². The topological polar surface area (TPSA) is 127 Å². The van der Waals surface area contributed by atoms with Crippen molar-refractivity contribution in [2.24, 2.45) is 11.8 Å². The summed E-state index contributed by atoms with van der Waals surface area (Å²) in [5.41, 5.74) is 0.320. The lowest BCUT2D eigenvalue weighted by molar-refractivity contribution is -0.155. The monoisotopic (exact) mass is 671 g/mol. The number of nitrogens with zero attached hydrogens (tertiary/aromatic N) is 5. The number of aliphatic hydroxyl groups excluding tert-OH is 1. The largest absolute Gasteiger partial charge is 0.465 e. The van der Waals surface area contributed by atoms with Crippen molar-refractivity contribution >= 4 is 44.7 Å². The number of benzene rings is 1. The lowest BCUT2D eigenvalue weighted by atomic mass is 9.70. The molecule has 0 aliphatic carbocycles. The van der Waals surface area contributed by atoms with Crippen molar-refractivity contribution in [2.75, 3.05) is 26.3 Å². The van der Waals surface area contributed by atoms with E-state index < -0.39 is 35.6 Å². The van der Waals surface area contributed by atoms with E-state index in [9.17, 15) is 19.5 Å². The number of para-hydroxylation sites is 1. The SMILES string of the molecule is C=CCCCCOC(=O)[C@H]1[C@H]2C(=O)N(CCCCCCO)C(C(=O)N(CC=C)Cn3nnc4ccccc43)C23CC(Br)[C@@H]1O3. The van der Waals surface area contributed by atoms with Crippen LogP contribution in [0.5, 0.6) is 0 Å². The van der Waals surface area contributed by atoms with Gasteiger partial charge in [-0.2, -0.15) is 0 Å². The molecule has 238 valence electrons. The standard InChI is InChI=1S/C32H42BrN5O6/c1-3-5-6-13-19-43-31(42)25-26-29(40)37(17-11-7-8-12-18-39)28(32(26)20-22(33)27(25)44-32)30(41)36(16-4-2)21-38-24-15-10-9-14-23(24)34-35-38/h3-4,9-10,14-15,22,25-28,39H,1-2,5-8,11-13,16-21H2/t22?,25-,26-,27-,28?,32?/m0/s1. The number of hydrogen-bond acceptors (Lipinski definition) is 8. The van der Waals surface area contributed by atoms with E-state index in [1.54, 1.807) is 20.6 Å². The van der Waals surface area contributed by atoms with Crippen LogP contribution in [-0.2, 0) is 30.5 Å². The fourth-order valence-corrected chi connectivity index (χ4v) is 8.00. The Hall–Kier alpha value is -3.09. The van der Waals surface area contributed by atoms with E-state index in [4.69, 9.17) is 9.47 Å². The molecular formula is C32H42BrN5O6. The normalized spacial score (nSPS) is 27.1. The molecule has 0 saturated carbocycles. The van der Waals surface area contributed by atoms with Gasteiger partial charge in [0.05, 0.1) is 30.1 Å². The Morgan fingerprint density at radius 2 is 1.95 bits per heavy atom. The molecule has 0 radical (unpaired) electrons. The number of ether oxygens (including phenoxy) is 2. The average molecular weight is 673 g/mol. The van der Waals surface area contributed by atoms with Crippen LogP contribution in [0.3, 0.4) is 0 Å². The van der Waals surface area contributed by atoms with Crippen LogP contribution < -0.4 is 0 Å². The van der Waals surface area contributed by atoms with E-state index in [1.165, 1.54) is 0 Å². The van der Waals surface area contributed by atoms with Gasteiger partial charge in [0.15, 0.2) is 0 Å². The number of esters is 1. The second-order valence-electron chi connectivity index (χ2n) is 11.9. The van der Waals surface area contributed by atoms with E-state index in [0.29, 0.717) is 37.7 Å². The van der Waals surface area contributed by atoms with Gasteiger partial charge >= 0.3 is 5.97 Å². The number of hydrogen-bond donors (Lipinski definition) is 1. The van der Waals surface area contributed by atoms with Gasteiger partial charge in [-0.1, -0.05) is 58.3 Å². The first kappa shape index (κ1) is 32.3. The molecule has 1 aromatic carbocycles. The van der Waals surface area contributed by atoms with Crippen LogP contribution in [0, 0.1) is 11.8 Å². The number of alkyl halides is 1. The van der Waals surface area contributed by atoms with Gasteiger partial charge in [0.25, 0.3) is 0 Å². The first-order valence-electron chi connectivity index (χ1n) is 15.6. The fraction of sp³-hybridized carbons (Fsp3) is 0.594. The Bertz CT molecular complexity index is 1370. The summed E-state index contributed by atoms with van der Waals surface area (Å²) in [6.07, 6.45) is 8.67. The van der Waals surface area contributed by atoms with Crippen molar-refractivity contribution in [3.8, 4) is 0 Å². The highest BCUT2D eigenvalue weighted by Gasteiger charge is 2.77. The zero-order valence-corrected chi connectivity index (χ0v) is 26.6. The third-order valence-corrected chi connectivity index (χ3v) is 9.88. The number of allylic oxidation sites excluding steroid dienone is 1. The highest BCUT2D eigenvalue weighted by molar-refractivity contribution is 9.09. The van der Waals surface area contributed by atoms with Crippen LogP contribution in [0.4, 0.5) is 0 Å². The molecule has 3 unspecified atom stereocenters. The Kier molecular flexibility index (Phi) is 10.5. The smallest absolute Gasteiger partial charge is 0.312 e. The minimum absolute atomic E-state index is 0.110. The van der Waals surface area contributed by atoms with Crippen LogP contribution in [0.1, 0.15) is 51.4 Å². The maximum Gasteiger partial charge on any atom is 0.312 e. The van der Waals surface area contributed by atoms with Gasteiger partial charge in [0.2, 0.25) is 11.8 Å². The van der Waals surface area contributed by atoms with Crippen LogP contribution in [0.15, 0.2) is 49.6 Å². The minimum atomic E-state index is -1.17. The number of halogens is 1. The summed E-state index contributed by atoms with van der Waals surface area (Å²) in [6, 6.07) is 6.59. The molecule has 3 saturated heterocycles. The summed E-state index contributed by atoms with van der Waals surface area (Å²) in [7, 11) is 0. The Morgan fingerprint density at radius 1 is 1.16 bits per heavy atom. The van der Waals surface area contributed by atoms with Crippen LogP contribution in [0.2, 0.25) is 0 Å². The molecule has 1 N–H and O–H groups in total. The fourth-order valence-electron chi connectivity index (χ4n) is 7.06. The van der Waals surface area contributed by atoms with Crippen molar-refractivity contribution in [3.63, 3.8) is 0 Å². The molecule has 4 heterocycles. The van der Waals surface area contributed by atoms with E-state index in [0.717, 1.165) is 31.2 Å². The number of amides is 2. The molecule has 2 aromatic rings. The van der Waals surface area contributed by atoms with Gasteiger partial charge in [0, 0.05) is 24.5 Å². The number of aliphatic hydroxyl groups is 1. The molecule has 5 rings (SSSR count). The number of aromatic nitrogens is 3. The second-order valence-corrected chi connectivity index (χ2v) is 13.0. The summed E-state index contributed by atoms with van der Waals surface area (Å²) >= 11 is 3.72. The van der Waals surface area contributed by atoms with Gasteiger partial charge in [0.1, 0.15) is 23.8 Å². The van der Waals surface area contributed by atoms with Crippen LogP contribution in [0.25, 0.3) is 11.0 Å². The second kappa shape index (κ2) is 14.3. The predicted octanol–water partition coefficient (Wildman–Crippen LogP) is 3.60. The Balaban J connectivity index is 1.44. The molecule has 1 spiro atoms. The van der Waals surface area contributed by atoms with Crippen molar-refractivity contribution < 1.29 is 29.0 Å². The number of likely N-dealkylation sites (tertiary alicyclic amines) is 1. The molecular weight excluding hydrogens is 630 g/mol. The average Bonchev–Trinajstić information content (AvgIpc) is 3.73. The van der Waals surface area contributed by atoms with E-state index in [1.807, 2.05) is 30.3 Å². The molecule has 12 heteroatoms. The van der Waals surface area contributed by atoms with Gasteiger partial charge in [-0.3, -0.25) is 14.4 Å². The molecule has 11 nitrogen and oxygen atoms in total.